The number of rotatable bonds is 7. The van der Waals surface area contributed by atoms with Crippen molar-refractivity contribution < 1.29 is 19.1 Å². The van der Waals surface area contributed by atoms with Crippen LogP contribution in [0.5, 0.6) is 11.5 Å². The minimum absolute atomic E-state index is 0.120. The fourth-order valence-corrected chi connectivity index (χ4v) is 3.72. The topological polar surface area (TPSA) is 67.9 Å². The molecule has 4 rings (SSSR count). The molecule has 0 atom stereocenters. The Morgan fingerprint density at radius 3 is 2.42 bits per heavy atom. The lowest BCUT2D eigenvalue weighted by Crippen LogP contribution is -2.32. The van der Waals surface area contributed by atoms with Crippen LogP contribution in [0.3, 0.4) is 0 Å². The maximum absolute atomic E-state index is 13.2. The highest BCUT2D eigenvalue weighted by atomic mass is 16.5. The van der Waals surface area contributed by atoms with E-state index in [-0.39, 0.29) is 23.7 Å². The molecule has 6 nitrogen and oxygen atoms in total. The number of fused-ring (bicyclic) bond motifs is 1. The van der Waals surface area contributed by atoms with Crippen molar-refractivity contribution in [2.75, 3.05) is 26.1 Å². The van der Waals surface area contributed by atoms with E-state index in [1.54, 1.807) is 25.3 Å². The number of hydrogen-bond donors (Lipinski definition) is 1. The largest absolute Gasteiger partial charge is 0.493 e. The Morgan fingerprint density at radius 2 is 1.68 bits per heavy atom. The molecule has 0 fully saturated rings. The van der Waals surface area contributed by atoms with Crippen LogP contribution in [0.25, 0.3) is 16.3 Å². The second-order valence-electron chi connectivity index (χ2n) is 6.98. The number of carbonyl (C=O) groups is 2. The van der Waals surface area contributed by atoms with Crippen LogP contribution in [-0.2, 0) is 9.59 Å². The van der Waals surface area contributed by atoms with Gasteiger partial charge in [0.05, 0.1) is 19.8 Å². The zero-order valence-electron chi connectivity index (χ0n) is 17.3. The van der Waals surface area contributed by atoms with E-state index >= 15 is 0 Å². The molecule has 3 aromatic rings. The van der Waals surface area contributed by atoms with Crippen LogP contribution in [-0.4, -0.2) is 37.5 Å². The Labute approximate surface area is 180 Å². The molecule has 156 valence electrons. The lowest BCUT2D eigenvalue weighted by Gasteiger charge is -2.13. The lowest BCUT2D eigenvalue weighted by molar-refractivity contribution is -0.136. The van der Waals surface area contributed by atoms with E-state index in [1.165, 1.54) is 18.1 Å². The molecule has 0 spiro atoms. The minimum atomic E-state index is -0.400. The molecule has 6 heteroatoms. The molecule has 1 aliphatic heterocycles. The zero-order chi connectivity index (χ0) is 22.0. The zero-order valence-corrected chi connectivity index (χ0v) is 17.3. The minimum Gasteiger partial charge on any atom is -0.493 e. The average Bonchev–Trinajstić information content (AvgIpc) is 3.03. The Balaban J connectivity index is 1.87. The number of nitrogens with one attached hydrogen (secondary N) is 1. The van der Waals surface area contributed by atoms with Gasteiger partial charge in [-0.2, -0.15) is 0 Å². The van der Waals surface area contributed by atoms with Gasteiger partial charge in [-0.05, 0) is 29.1 Å². The van der Waals surface area contributed by atoms with Gasteiger partial charge in [-0.15, -0.1) is 6.58 Å². The monoisotopic (exact) mass is 414 g/mol. The standard InChI is InChI=1S/C25H22N2O4/c1-4-14-27-24(28)22(17-12-13-20(30-2)21(15-17)31-3)23(25(27)29)26-19-11-7-9-16-8-5-6-10-18(16)19/h4-13,15,26H,1,14H2,2-3H3. The summed E-state index contributed by atoms with van der Waals surface area (Å²) in [6, 6.07) is 18.8. The highest BCUT2D eigenvalue weighted by Gasteiger charge is 2.39. The molecule has 2 amide bonds. The summed E-state index contributed by atoms with van der Waals surface area (Å²) < 4.78 is 10.7. The van der Waals surface area contributed by atoms with Crippen molar-refractivity contribution in [3.8, 4) is 11.5 Å². The van der Waals surface area contributed by atoms with E-state index in [4.69, 9.17) is 9.47 Å². The molecular formula is C25H22N2O4. The van der Waals surface area contributed by atoms with Crippen molar-refractivity contribution in [2.24, 2.45) is 0 Å². The quantitative estimate of drug-likeness (QED) is 0.463. The van der Waals surface area contributed by atoms with Gasteiger partial charge in [0.25, 0.3) is 11.8 Å². The van der Waals surface area contributed by atoms with E-state index in [0.717, 1.165) is 16.5 Å². The molecule has 0 aliphatic carbocycles. The fourth-order valence-electron chi connectivity index (χ4n) is 3.72. The van der Waals surface area contributed by atoms with Crippen LogP contribution in [0, 0.1) is 0 Å². The first kappa shape index (κ1) is 20.2. The number of anilines is 1. The van der Waals surface area contributed by atoms with E-state index in [9.17, 15) is 9.59 Å². The predicted molar refractivity (Wildman–Crippen MR) is 121 cm³/mol. The summed E-state index contributed by atoms with van der Waals surface area (Å²) in [5.41, 5.74) is 1.80. The van der Waals surface area contributed by atoms with Gasteiger partial charge in [0.1, 0.15) is 5.70 Å². The first-order valence-electron chi connectivity index (χ1n) is 9.77. The summed E-state index contributed by atoms with van der Waals surface area (Å²) in [6.07, 6.45) is 1.53. The summed E-state index contributed by atoms with van der Waals surface area (Å²) in [4.78, 5) is 27.6. The van der Waals surface area contributed by atoms with Crippen LogP contribution >= 0.6 is 0 Å². The second-order valence-corrected chi connectivity index (χ2v) is 6.98. The van der Waals surface area contributed by atoms with Crippen LogP contribution in [0.4, 0.5) is 5.69 Å². The normalized spacial score (nSPS) is 13.7. The SMILES string of the molecule is C=CCN1C(=O)C(Nc2cccc3ccccc23)=C(c2ccc(OC)c(OC)c2)C1=O. The second kappa shape index (κ2) is 8.36. The Morgan fingerprint density at radius 1 is 0.935 bits per heavy atom. The van der Waals surface area contributed by atoms with Crippen LogP contribution in [0.1, 0.15) is 5.56 Å². The van der Waals surface area contributed by atoms with Crippen LogP contribution < -0.4 is 14.8 Å². The fraction of sp³-hybridized carbons (Fsp3) is 0.120. The first-order valence-corrected chi connectivity index (χ1v) is 9.77. The molecule has 0 radical (unpaired) electrons. The highest BCUT2D eigenvalue weighted by Crippen LogP contribution is 2.36. The van der Waals surface area contributed by atoms with Gasteiger partial charge in [-0.1, -0.05) is 48.5 Å². The number of carbonyl (C=O) groups excluding carboxylic acids is 2. The van der Waals surface area contributed by atoms with Gasteiger partial charge in [0, 0.05) is 17.6 Å². The Hall–Kier alpha value is -4.06. The van der Waals surface area contributed by atoms with Crippen molar-refractivity contribution in [1.82, 2.24) is 4.90 Å². The average molecular weight is 414 g/mol. The van der Waals surface area contributed by atoms with Crippen LogP contribution in [0.15, 0.2) is 79.0 Å². The first-order chi connectivity index (χ1) is 15.1. The van der Waals surface area contributed by atoms with Crippen molar-refractivity contribution in [2.45, 2.75) is 0 Å². The molecule has 0 bridgehead atoms. The third-order valence-electron chi connectivity index (χ3n) is 5.20. The van der Waals surface area contributed by atoms with Gasteiger partial charge in [0.2, 0.25) is 0 Å². The smallest absolute Gasteiger partial charge is 0.278 e. The number of imide groups is 1. The number of benzene rings is 3. The molecule has 31 heavy (non-hydrogen) atoms. The summed E-state index contributed by atoms with van der Waals surface area (Å²) in [5, 5.41) is 5.21. The molecule has 3 aromatic carbocycles. The van der Waals surface area contributed by atoms with E-state index in [0.29, 0.717) is 17.1 Å². The number of hydrogen-bond acceptors (Lipinski definition) is 5. The van der Waals surface area contributed by atoms with Crippen molar-refractivity contribution in [1.29, 1.82) is 0 Å². The molecule has 1 aliphatic rings. The molecular weight excluding hydrogens is 392 g/mol. The summed E-state index contributed by atoms with van der Waals surface area (Å²) in [5.74, 6) is 0.219. The molecule has 1 N–H and O–H groups in total. The molecule has 0 saturated heterocycles. The maximum Gasteiger partial charge on any atom is 0.278 e. The highest BCUT2D eigenvalue weighted by molar-refractivity contribution is 6.36. The number of amides is 2. The molecule has 0 unspecified atom stereocenters. The van der Waals surface area contributed by atoms with Gasteiger partial charge in [-0.3, -0.25) is 14.5 Å². The van der Waals surface area contributed by atoms with E-state index in [1.807, 2.05) is 42.5 Å². The molecule has 1 heterocycles. The predicted octanol–water partition coefficient (Wildman–Crippen LogP) is 4.24. The summed E-state index contributed by atoms with van der Waals surface area (Å²) >= 11 is 0. The number of methoxy groups -OCH3 is 2. The molecule has 0 aromatic heterocycles. The van der Waals surface area contributed by atoms with Gasteiger partial charge in [0.15, 0.2) is 11.5 Å². The van der Waals surface area contributed by atoms with Crippen molar-refractivity contribution >= 4 is 33.8 Å². The summed E-state index contributed by atoms with van der Waals surface area (Å²) in [6.45, 7) is 3.79. The van der Waals surface area contributed by atoms with Gasteiger partial charge in [-0.25, -0.2) is 0 Å². The van der Waals surface area contributed by atoms with Crippen LogP contribution in [0.2, 0.25) is 0 Å². The third kappa shape index (κ3) is 3.53. The summed E-state index contributed by atoms with van der Waals surface area (Å²) in [7, 11) is 3.07. The Kier molecular flexibility index (Phi) is 5.45. The van der Waals surface area contributed by atoms with Crippen molar-refractivity contribution in [3.05, 3.63) is 84.6 Å². The number of ether oxygens (including phenoxy) is 2. The van der Waals surface area contributed by atoms with E-state index in [2.05, 4.69) is 11.9 Å². The van der Waals surface area contributed by atoms with Gasteiger partial charge < -0.3 is 14.8 Å². The molecule has 0 saturated carbocycles. The van der Waals surface area contributed by atoms with Gasteiger partial charge >= 0.3 is 0 Å². The number of nitrogens with zero attached hydrogens (tertiary/aromatic N) is 1. The third-order valence-corrected chi connectivity index (χ3v) is 5.20. The van der Waals surface area contributed by atoms with Crippen molar-refractivity contribution in [3.63, 3.8) is 0 Å². The Bertz CT molecular complexity index is 1220. The maximum atomic E-state index is 13.2. The lowest BCUT2D eigenvalue weighted by atomic mass is 10.0. The van der Waals surface area contributed by atoms with E-state index < -0.39 is 5.91 Å².